The summed E-state index contributed by atoms with van der Waals surface area (Å²) >= 11 is 0. The highest BCUT2D eigenvalue weighted by Crippen LogP contribution is 2.22. The first-order valence-electron chi connectivity index (χ1n) is 7.19. The maximum atomic E-state index is 11.6. The topological polar surface area (TPSA) is 107 Å². The molecule has 1 aromatic rings. The molecular weight excluding hydrogens is 290 g/mol. The number of amides is 1. The standard InChI is InChI=1S/C14H21N3O5/c1-14(2,3)22-13(18)16-10-6-9(7-10)15-8-11-4-5-12(21-11)17(19)20/h4-5,9-10,15H,6-8H2,1-3H3,(H,16,18). The van der Waals surface area contributed by atoms with Crippen LogP contribution >= 0.6 is 0 Å². The van der Waals surface area contributed by atoms with Crippen molar-refractivity contribution < 1.29 is 18.9 Å². The quantitative estimate of drug-likeness (QED) is 0.638. The summed E-state index contributed by atoms with van der Waals surface area (Å²) in [7, 11) is 0. The van der Waals surface area contributed by atoms with E-state index >= 15 is 0 Å². The Morgan fingerprint density at radius 2 is 2.09 bits per heavy atom. The molecule has 1 amide bonds. The van der Waals surface area contributed by atoms with Gasteiger partial charge >= 0.3 is 12.0 Å². The van der Waals surface area contributed by atoms with Gasteiger partial charge in [0.2, 0.25) is 0 Å². The number of hydrogen-bond donors (Lipinski definition) is 2. The van der Waals surface area contributed by atoms with Crippen LogP contribution in [0.3, 0.4) is 0 Å². The highest BCUT2D eigenvalue weighted by molar-refractivity contribution is 5.68. The van der Waals surface area contributed by atoms with Crippen molar-refractivity contribution in [2.24, 2.45) is 0 Å². The molecule has 0 unspecified atom stereocenters. The van der Waals surface area contributed by atoms with Crippen molar-refractivity contribution in [3.8, 4) is 0 Å². The lowest BCUT2D eigenvalue weighted by molar-refractivity contribution is -0.402. The Labute approximate surface area is 128 Å². The Morgan fingerprint density at radius 3 is 2.64 bits per heavy atom. The highest BCUT2D eigenvalue weighted by atomic mass is 16.6. The third-order valence-electron chi connectivity index (χ3n) is 3.25. The van der Waals surface area contributed by atoms with Crippen LogP contribution in [0.4, 0.5) is 10.7 Å². The van der Waals surface area contributed by atoms with E-state index in [9.17, 15) is 14.9 Å². The lowest BCUT2D eigenvalue weighted by atomic mass is 9.87. The zero-order chi connectivity index (χ0) is 16.3. The van der Waals surface area contributed by atoms with Gasteiger partial charge in [-0.25, -0.2) is 4.79 Å². The molecule has 0 spiro atoms. The molecular formula is C14H21N3O5. The van der Waals surface area contributed by atoms with Crippen LogP contribution in [0.1, 0.15) is 39.4 Å². The molecule has 0 aliphatic heterocycles. The van der Waals surface area contributed by atoms with Crippen molar-refractivity contribution >= 4 is 12.0 Å². The van der Waals surface area contributed by atoms with Crippen molar-refractivity contribution in [1.82, 2.24) is 10.6 Å². The normalized spacial score (nSPS) is 21.0. The highest BCUT2D eigenvalue weighted by Gasteiger charge is 2.31. The summed E-state index contributed by atoms with van der Waals surface area (Å²) in [5.74, 6) is 0.269. The molecule has 1 saturated carbocycles. The van der Waals surface area contributed by atoms with Crippen LogP contribution in [0.25, 0.3) is 0 Å². The number of alkyl carbamates (subject to hydrolysis) is 1. The predicted octanol–water partition coefficient (Wildman–Crippen LogP) is 2.33. The number of rotatable bonds is 5. The zero-order valence-electron chi connectivity index (χ0n) is 12.9. The zero-order valence-corrected chi connectivity index (χ0v) is 12.9. The summed E-state index contributed by atoms with van der Waals surface area (Å²) in [5.41, 5.74) is -0.501. The second kappa shape index (κ2) is 6.35. The van der Waals surface area contributed by atoms with Crippen LogP contribution in [0.5, 0.6) is 0 Å². The molecule has 8 nitrogen and oxygen atoms in total. The average Bonchev–Trinajstić information content (AvgIpc) is 2.78. The Kier molecular flexibility index (Phi) is 4.70. The SMILES string of the molecule is CC(C)(C)OC(=O)NC1CC(NCc2ccc([N+](=O)[O-])o2)C1. The van der Waals surface area contributed by atoms with Gasteiger partial charge in [-0.15, -0.1) is 0 Å². The molecule has 122 valence electrons. The monoisotopic (exact) mass is 311 g/mol. The summed E-state index contributed by atoms with van der Waals surface area (Å²) in [6.07, 6.45) is 1.18. The Hall–Kier alpha value is -2.09. The van der Waals surface area contributed by atoms with Crippen molar-refractivity contribution in [1.29, 1.82) is 0 Å². The number of nitro groups is 1. The van der Waals surface area contributed by atoms with E-state index in [0.717, 1.165) is 12.8 Å². The van der Waals surface area contributed by atoms with Gasteiger partial charge in [0.05, 0.1) is 12.6 Å². The van der Waals surface area contributed by atoms with Crippen LogP contribution in [0, 0.1) is 10.1 Å². The Bertz CT molecular complexity index is 543. The van der Waals surface area contributed by atoms with Gasteiger partial charge in [-0.2, -0.15) is 0 Å². The Morgan fingerprint density at radius 1 is 1.41 bits per heavy atom. The number of ether oxygens (including phenoxy) is 1. The second-order valence-electron chi connectivity index (χ2n) is 6.39. The third-order valence-corrected chi connectivity index (χ3v) is 3.25. The van der Waals surface area contributed by atoms with Gasteiger partial charge in [0, 0.05) is 12.1 Å². The first-order valence-corrected chi connectivity index (χ1v) is 7.19. The summed E-state index contributed by atoms with van der Waals surface area (Å²) in [6, 6.07) is 3.27. The molecule has 1 aliphatic carbocycles. The van der Waals surface area contributed by atoms with Gasteiger partial charge in [-0.05, 0) is 39.7 Å². The van der Waals surface area contributed by atoms with Crippen molar-refractivity contribution in [3.63, 3.8) is 0 Å². The molecule has 1 fully saturated rings. The summed E-state index contributed by atoms with van der Waals surface area (Å²) < 4.78 is 10.2. The lowest BCUT2D eigenvalue weighted by Gasteiger charge is -2.36. The molecule has 0 saturated heterocycles. The van der Waals surface area contributed by atoms with Gasteiger partial charge in [0.1, 0.15) is 16.3 Å². The average molecular weight is 311 g/mol. The fourth-order valence-electron chi connectivity index (χ4n) is 2.18. The maximum Gasteiger partial charge on any atom is 0.433 e. The van der Waals surface area contributed by atoms with Crippen LogP contribution in [0.2, 0.25) is 0 Å². The summed E-state index contributed by atoms with van der Waals surface area (Å²) in [5, 5.41) is 16.5. The fraction of sp³-hybridized carbons (Fsp3) is 0.643. The van der Waals surface area contributed by atoms with E-state index in [1.807, 2.05) is 20.8 Å². The van der Waals surface area contributed by atoms with Crippen LogP contribution in [-0.2, 0) is 11.3 Å². The second-order valence-corrected chi connectivity index (χ2v) is 6.39. The number of hydrogen-bond acceptors (Lipinski definition) is 6. The number of nitrogens with one attached hydrogen (secondary N) is 2. The molecule has 0 aromatic carbocycles. The molecule has 0 bridgehead atoms. The number of carbonyl (C=O) groups is 1. The first-order chi connectivity index (χ1) is 10.2. The molecule has 1 aliphatic rings. The largest absolute Gasteiger partial charge is 0.444 e. The van der Waals surface area contributed by atoms with E-state index in [0.29, 0.717) is 12.3 Å². The maximum absolute atomic E-state index is 11.6. The molecule has 2 N–H and O–H groups in total. The van der Waals surface area contributed by atoms with E-state index in [1.165, 1.54) is 6.07 Å². The van der Waals surface area contributed by atoms with Gasteiger partial charge < -0.3 is 19.8 Å². The summed E-state index contributed by atoms with van der Waals surface area (Å²) in [6.45, 7) is 5.89. The van der Waals surface area contributed by atoms with Crippen molar-refractivity contribution in [3.05, 3.63) is 28.0 Å². The number of furan rings is 1. The Balaban J connectivity index is 1.65. The van der Waals surface area contributed by atoms with E-state index in [-0.39, 0.29) is 18.0 Å². The number of nitrogens with zero attached hydrogens (tertiary/aromatic N) is 1. The molecule has 2 rings (SSSR count). The fourth-order valence-corrected chi connectivity index (χ4v) is 2.18. The van der Waals surface area contributed by atoms with Crippen molar-refractivity contribution in [2.45, 2.75) is 57.8 Å². The van der Waals surface area contributed by atoms with Gasteiger partial charge in [-0.3, -0.25) is 10.1 Å². The lowest BCUT2D eigenvalue weighted by Crippen LogP contribution is -2.52. The summed E-state index contributed by atoms with van der Waals surface area (Å²) in [4.78, 5) is 21.5. The van der Waals surface area contributed by atoms with Crippen LogP contribution in [-0.4, -0.2) is 28.7 Å². The van der Waals surface area contributed by atoms with Gasteiger partial charge in [0.25, 0.3) is 0 Å². The number of carbonyl (C=O) groups excluding carboxylic acids is 1. The molecule has 1 aromatic heterocycles. The molecule has 0 atom stereocenters. The minimum absolute atomic E-state index is 0.0956. The molecule has 8 heteroatoms. The first kappa shape index (κ1) is 16.3. The minimum Gasteiger partial charge on any atom is -0.444 e. The van der Waals surface area contributed by atoms with E-state index in [1.54, 1.807) is 6.07 Å². The van der Waals surface area contributed by atoms with Crippen LogP contribution in [0.15, 0.2) is 16.5 Å². The minimum atomic E-state index is -0.562. The third kappa shape index (κ3) is 4.73. The van der Waals surface area contributed by atoms with Gasteiger partial charge in [0.15, 0.2) is 0 Å². The van der Waals surface area contributed by atoms with E-state index in [4.69, 9.17) is 9.15 Å². The molecule has 22 heavy (non-hydrogen) atoms. The van der Waals surface area contributed by atoms with E-state index < -0.39 is 16.6 Å². The molecule has 1 heterocycles. The molecule has 0 radical (unpaired) electrons. The smallest absolute Gasteiger partial charge is 0.433 e. The van der Waals surface area contributed by atoms with Crippen LogP contribution < -0.4 is 10.6 Å². The predicted molar refractivity (Wildman–Crippen MR) is 78.4 cm³/mol. The van der Waals surface area contributed by atoms with Crippen molar-refractivity contribution in [2.75, 3.05) is 0 Å². The van der Waals surface area contributed by atoms with Gasteiger partial charge in [-0.1, -0.05) is 0 Å². The van der Waals surface area contributed by atoms with E-state index in [2.05, 4.69) is 10.6 Å².